The lowest BCUT2D eigenvalue weighted by molar-refractivity contribution is -0.137. The van der Waals surface area contributed by atoms with Gasteiger partial charge in [0.15, 0.2) is 11.6 Å². The Balaban J connectivity index is 2.68. The van der Waals surface area contributed by atoms with E-state index in [1.54, 1.807) is 7.05 Å². The highest BCUT2D eigenvalue weighted by Crippen LogP contribution is 2.21. The first kappa shape index (κ1) is 14.4. The molecule has 100 valence electrons. The third-order valence-electron chi connectivity index (χ3n) is 2.49. The maximum absolute atomic E-state index is 13.5. The molecule has 0 fully saturated rings. The molecule has 1 N–H and O–H groups in total. The van der Waals surface area contributed by atoms with Crippen molar-refractivity contribution >= 4 is 5.97 Å². The number of likely N-dealkylation sites (N-methyl/N-ethyl adjacent to an activating group) is 1. The molecule has 1 rings (SSSR count). The second-order valence-electron chi connectivity index (χ2n) is 3.96. The van der Waals surface area contributed by atoms with Crippen LogP contribution in [0.5, 0.6) is 5.75 Å². The monoisotopic (exact) mass is 259 g/mol. The Bertz CT molecular complexity index is 438. The van der Waals surface area contributed by atoms with Gasteiger partial charge in [0.2, 0.25) is 0 Å². The molecule has 0 aliphatic rings. The smallest absolute Gasteiger partial charge is 0.317 e. The van der Waals surface area contributed by atoms with Gasteiger partial charge < -0.3 is 9.84 Å². The van der Waals surface area contributed by atoms with Crippen molar-refractivity contribution in [3.05, 3.63) is 29.3 Å². The third-order valence-corrected chi connectivity index (χ3v) is 2.49. The Labute approximate surface area is 104 Å². The highest BCUT2D eigenvalue weighted by Gasteiger charge is 2.11. The van der Waals surface area contributed by atoms with E-state index in [1.807, 2.05) is 0 Å². The van der Waals surface area contributed by atoms with Gasteiger partial charge in [-0.05, 0) is 25.1 Å². The fourth-order valence-electron chi connectivity index (χ4n) is 1.54. The summed E-state index contributed by atoms with van der Waals surface area (Å²) in [5.74, 6) is -2.29. The molecule has 0 spiro atoms. The number of ether oxygens (including phenoxy) is 1. The Hall–Kier alpha value is -1.69. The number of carbonyl (C=O) groups is 1. The number of nitrogens with zero attached hydrogens (tertiary/aromatic N) is 1. The fourth-order valence-corrected chi connectivity index (χ4v) is 1.54. The van der Waals surface area contributed by atoms with Crippen LogP contribution in [0.15, 0.2) is 12.1 Å². The van der Waals surface area contributed by atoms with E-state index in [0.717, 1.165) is 12.1 Å². The number of benzene rings is 1. The largest absolute Gasteiger partial charge is 0.494 e. The van der Waals surface area contributed by atoms with Crippen LogP contribution in [-0.2, 0) is 11.2 Å². The lowest BCUT2D eigenvalue weighted by Crippen LogP contribution is -2.27. The number of rotatable bonds is 6. The predicted molar refractivity (Wildman–Crippen MR) is 61.7 cm³/mol. The van der Waals surface area contributed by atoms with Crippen molar-refractivity contribution in [2.75, 3.05) is 27.2 Å². The molecule has 0 atom stereocenters. The second kappa shape index (κ2) is 6.30. The van der Waals surface area contributed by atoms with E-state index < -0.39 is 17.6 Å². The first-order valence-electron chi connectivity index (χ1n) is 5.36. The van der Waals surface area contributed by atoms with Gasteiger partial charge in [-0.25, -0.2) is 8.78 Å². The molecule has 4 nitrogen and oxygen atoms in total. The van der Waals surface area contributed by atoms with Gasteiger partial charge in [0.05, 0.1) is 13.7 Å². The molecule has 0 bridgehead atoms. The normalized spacial score (nSPS) is 10.7. The maximum atomic E-state index is 13.5. The topological polar surface area (TPSA) is 49.8 Å². The van der Waals surface area contributed by atoms with Crippen LogP contribution in [-0.4, -0.2) is 43.2 Å². The molecule has 0 unspecified atom stereocenters. The first-order valence-corrected chi connectivity index (χ1v) is 5.36. The van der Waals surface area contributed by atoms with Gasteiger partial charge in [-0.3, -0.25) is 9.69 Å². The highest BCUT2D eigenvalue weighted by atomic mass is 19.1. The van der Waals surface area contributed by atoms with Gasteiger partial charge in [0.25, 0.3) is 0 Å². The van der Waals surface area contributed by atoms with Gasteiger partial charge >= 0.3 is 5.97 Å². The zero-order chi connectivity index (χ0) is 13.7. The van der Waals surface area contributed by atoms with Crippen molar-refractivity contribution in [1.29, 1.82) is 0 Å². The number of halogens is 2. The van der Waals surface area contributed by atoms with Crippen molar-refractivity contribution in [2.24, 2.45) is 0 Å². The van der Waals surface area contributed by atoms with E-state index in [0.29, 0.717) is 6.54 Å². The van der Waals surface area contributed by atoms with Gasteiger partial charge in [-0.1, -0.05) is 0 Å². The minimum Gasteiger partial charge on any atom is -0.494 e. The molecule has 0 aromatic heterocycles. The molecular weight excluding hydrogens is 244 g/mol. The van der Waals surface area contributed by atoms with E-state index in [-0.39, 0.29) is 24.3 Å². The predicted octanol–water partition coefficient (Wildman–Crippen LogP) is 1.53. The van der Waals surface area contributed by atoms with Crippen molar-refractivity contribution in [3.8, 4) is 5.75 Å². The van der Waals surface area contributed by atoms with Crippen molar-refractivity contribution in [3.63, 3.8) is 0 Å². The number of hydrogen-bond donors (Lipinski definition) is 1. The summed E-state index contributed by atoms with van der Waals surface area (Å²) in [6.45, 7) is 0.190. The molecular formula is C12H15F2NO3. The molecule has 1 aromatic rings. The Morgan fingerprint density at radius 1 is 1.39 bits per heavy atom. The molecule has 6 heteroatoms. The molecule has 0 aliphatic carbocycles. The maximum Gasteiger partial charge on any atom is 0.317 e. The van der Waals surface area contributed by atoms with Crippen LogP contribution in [0.3, 0.4) is 0 Å². The summed E-state index contributed by atoms with van der Waals surface area (Å²) in [4.78, 5) is 12.0. The van der Waals surface area contributed by atoms with E-state index in [1.165, 1.54) is 12.0 Å². The van der Waals surface area contributed by atoms with Gasteiger partial charge in [-0.15, -0.1) is 0 Å². The van der Waals surface area contributed by atoms with E-state index in [4.69, 9.17) is 5.11 Å². The summed E-state index contributed by atoms with van der Waals surface area (Å²) < 4.78 is 31.6. The number of methoxy groups -OCH3 is 1. The van der Waals surface area contributed by atoms with Crippen molar-refractivity contribution < 1.29 is 23.4 Å². The summed E-state index contributed by atoms with van der Waals surface area (Å²) in [6, 6.07) is 2.06. The number of carboxylic acids is 1. The van der Waals surface area contributed by atoms with E-state index in [9.17, 15) is 13.6 Å². The summed E-state index contributed by atoms with van der Waals surface area (Å²) >= 11 is 0. The van der Waals surface area contributed by atoms with E-state index >= 15 is 0 Å². The number of carboxylic acid groups (broad SMARTS) is 1. The summed E-state index contributed by atoms with van der Waals surface area (Å²) in [5, 5.41) is 8.56. The fraction of sp³-hybridized carbons (Fsp3) is 0.417. The minimum atomic E-state index is -0.959. The Kier molecular flexibility index (Phi) is 5.03. The minimum absolute atomic E-state index is 0.139. The zero-order valence-corrected chi connectivity index (χ0v) is 10.2. The third kappa shape index (κ3) is 3.96. The second-order valence-corrected chi connectivity index (χ2v) is 3.96. The number of aliphatic carboxylic acids is 1. The van der Waals surface area contributed by atoms with Crippen LogP contribution in [0, 0.1) is 11.6 Å². The standard InChI is InChI=1S/C12H15F2NO3/c1-15(7-12(16)17)4-3-8-5-10(14)11(18-2)6-9(8)13/h5-6H,3-4,7H2,1-2H3,(H,16,17). The molecule has 0 amide bonds. The molecule has 1 aromatic carbocycles. The lowest BCUT2D eigenvalue weighted by atomic mass is 10.1. The van der Waals surface area contributed by atoms with Gasteiger partial charge in [-0.2, -0.15) is 0 Å². The average molecular weight is 259 g/mol. The molecule has 0 heterocycles. The first-order chi connectivity index (χ1) is 8.43. The highest BCUT2D eigenvalue weighted by molar-refractivity contribution is 5.69. The van der Waals surface area contributed by atoms with Crippen LogP contribution >= 0.6 is 0 Å². The van der Waals surface area contributed by atoms with Crippen LogP contribution in [0.4, 0.5) is 8.78 Å². The summed E-state index contributed by atoms with van der Waals surface area (Å²) in [5.41, 5.74) is 0.200. The van der Waals surface area contributed by atoms with Crippen LogP contribution in [0.25, 0.3) is 0 Å². The average Bonchev–Trinajstić information content (AvgIpc) is 2.28. The van der Waals surface area contributed by atoms with Gasteiger partial charge in [0.1, 0.15) is 5.82 Å². The van der Waals surface area contributed by atoms with Crippen LogP contribution in [0.2, 0.25) is 0 Å². The van der Waals surface area contributed by atoms with Crippen molar-refractivity contribution in [1.82, 2.24) is 4.90 Å². The Morgan fingerprint density at radius 2 is 2.06 bits per heavy atom. The molecule has 0 saturated heterocycles. The lowest BCUT2D eigenvalue weighted by Gasteiger charge is -2.14. The van der Waals surface area contributed by atoms with Crippen LogP contribution < -0.4 is 4.74 Å². The van der Waals surface area contributed by atoms with E-state index in [2.05, 4.69) is 4.74 Å². The van der Waals surface area contributed by atoms with Crippen molar-refractivity contribution in [2.45, 2.75) is 6.42 Å². The summed E-state index contributed by atoms with van der Waals surface area (Å²) in [6.07, 6.45) is 0.233. The van der Waals surface area contributed by atoms with Gasteiger partial charge in [0, 0.05) is 12.6 Å². The molecule has 0 saturated carbocycles. The van der Waals surface area contributed by atoms with Crippen LogP contribution in [0.1, 0.15) is 5.56 Å². The molecule has 0 aliphatic heterocycles. The quantitative estimate of drug-likeness (QED) is 0.841. The SMILES string of the molecule is COc1cc(F)c(CCN(C)CC(=O)O)cc1F. The Morgan fingerprint density at radius 3 is 2.61 bits per heavy atom. The molecule has 18 heavy (non-hydrogen) atoms. The number of hydrogen-bond acceptors (Lipinski definition) is 3. The molecule has 0 radical (unpaired) electrons. The zero-order valence-electron chi connectivity index (χ0n) is 10.2. The summed E-state index contributed by atoms with van der Waals surface area (Å²) in [7, 11) is 2.87.